The van der Waals surface area contributed by atoms with Gasteiger partial charge >= 0.3 is 0 Å². The third-order valence-corrected chi connectivity index (χ3v) is 4.15. The Hall–Kier alpha value is -1.59. The lowest BCUT2D eigenvalue weighted by Gasteiger charge is -2.08. The van der Waals surface area contributed by atoms with Crippen molar-refractivity contribution in [3.63, 3.8) is 0 Å². The Morgan fingerprint density at radius 3 is 2.67 bits per heavy atom. The number of halogens is 1. The molecule has 0 fully saturated rings. The maximum absolute atomic E-state index is 12.1. The topological polar surface area (TPSA) is 59.1 Å². The van der Waals surface area contributed by atoms with Crippen LogP contribution >= 0.6 is 11.6 Å². The summed E-state index contributed by atoms with van der Waals surface area (Å²) in [6, 6.07) is 7.88. The van der Waals surface area contributed by atoms with Crippen LogP contribution in [0.5, 0.6) is 0 Å². The van der Waals surface area contributed by atoms with Crippen LogP contribution in [-0.2, 0) is 10.0 Å². The zero-order valence-electron chi connectivity index (χ0n) is 9.59. The van der Waals surface area contributed by atoms with Crippen molar-refractivity contribution in [2.45, 2.75) is 11.8 Å². The van der Waals surface area contributed by atoms with Gasteiger partial charge in [-0.15, -0.1) is 0 Å². The first-order valence-corrected chi connectivity index (χ1v) is 7.04. The van der Waals surface area contributed by atoms with Crippen LogP contribution in [0.3, 0.4) is 0 Å². The monoisotopic (exact) mass is 282 g/mol. The smallest absolute Gasteiger partial charge is 0.261 e. The first kappa shape index (κ1) is 12.9. The number of hydrogen-bond donors (Lipinski definition) is 1. The summed E-state index contributed by atoms with van der Waals surface area (Å²) >= 11 is 5.92. The molecule has 2 rings (SSSR count). The summed E-state index contributed by atoms with van der Waals surface area (Å²) in [4.78, 5) is 3.97. The summed E-state index contributed by atoms with van der Waals surface area (Å²) in [5, 5.41) is 0.420. The third-order valence-electron chi connectivity index (χ3n) is 2.37. The van der Waals surface area contributed by atoms with Crippen LogP contribution in [0.2, 0.25) is 5.02 Å². The zero-order chi connectivity index (χ0) is 13.2. The van der Waals surface area contributed by atoms with Gasteiger partial charge < -0.3 is 0 Å². The molecule has 1 aromatic heterocycles. The Morgan fingerprint density at radius 1 is 1.28 bits per heavy atom. The van der Waals surface area contributed by atoms with E-state index in [4.69, 9.17) is 11.6 Å². The van der Waals surface area contributed by atoms with E-state index in [1.54, 1.807) is 24.4 Å². The first-order valence-electron chi connectivity index (χ1n) is 5.18. The van der Waals surface area contributed by atoms with Crippen LogP contribution in [0.4, 0.5) is 5.69 Å². The van der Waals surface area contributed by atoms with Gasteiger partial charge in [0, 0.05) is 11.2 Å². The molecule has 0 atom stereocenters. The van der Waals surface area contributed by atoms with Crippen molar-refractivity contribution in [3.8, 4) is 0 Å². The van der Waals surface area contributed by atoms with E-state index < -0.39 is 10.0 Å². The molecule has 6 heteroatoms. The van der Waals surface area contributed by atoms with E-state index in [9.17, 15) is 8.42 Å². The maximum atomic E-state index is 12.1. The fraction of sp³-hybridized carbons (Fsp3) is 0.0833. The van der Waals surface area contributed by atoms with E-state index in [1.165, 1.54) is 18.3 Å². The SMILES string of the molecule is Cc1ccc(S(=O)(=O)Nc2cccnc2)cc1Cl. The van der Waals surface area contributed by atoms with Gasteiger partial charge in [-0.05, 0) is 36.8 Å². The normalized spacial score (nSPS) is 11.2. The van der Waals surface area contributed by atoms with Crippen molar-refractivity contribution in [1.29, 1.82) is 0 Å². The number of rotatable bonds is 3. The molecule has 2 aromatic rings. The molecule has 94 valence electrons. The van der Waals surface area contributed by atoms with Gasteiger partial charge in [-0.3, -0.25) is 9.71 Å². The van der Waals surface area contributed by atoms with Gasteiger partial charge in [0.1, 0.15) is 0 Å². The average Bonchev–Trinajstić information content (AvgIpc) is 2.33. The molecular formula is C12H11ClN2O2S. The largest absolute Gasteiger partial charge is 0.278 e. The molecule has 0 saturated heterocycles. The Kier molecular flexibility index (Phi) is 3.54. The highest BCUT2D eigenvalue weighted by Gasteiger charge is 2.15. The van der Waals surface area contributed by atoms with Crippen molar-refractivity contribution in [2.75, 3.05) is 4.72 Å². The molecule has 0 aliphatic heterocycles. The van der Waals surface area contributed by atoms with E-state index in [0.29, 0.717) is 10.7 Å². The molecule has 1 N–H and O–H groups in total. The molecule has 0 saturated carbocycles. The summed E-state index contributed by atoms with van der Waals surface area (Å²) in [6.45, 7) is 1.81. The van der Waals surface area contributed by atoms with Crippen molar-refractivity contribution in [3.05, 3.63) is 53.3 Å². The van der Waals surface area contributed by atoms with Crippen LogP contribution < -0.4 is 4.72 Å². The average molecular weight is 283 g/mol. The number of sulfonamides is 1. The number of pyridine rings is 1. The quantitative estimate of drug-likeness (QED) is 0.942. The number of benzene rings is 1. The molecule has 4 nitrogen and oxygen atoms in total. The van der Waals surface area contributed by atoms with Gasteiger partial charge in [0.15, 0.2) is 0 Å². The molecule has 0 bridgehead atoms. The molecule has 0 radical (unpaired) electrons. The number of aryl methyl sites for hydroxylation is 1. The highest BCUT2D eigenvalue weighted by molar-refractivity contribution is 7.92. The molecule has 0 spiro atoms. The molecule has 0 unspecified atom stereocenters. The van der Waals surface area contributed by atoms with Crippen LogP contribution in [-0.4, -0.2) is 13.4 Å². The minimum Gasteiger partial charge on any atom is -0.278 e. The molecule has 1 heterocycles. The van der Waals surface area contributed by atoms with Crippen LogP contribution in [0.15, 0.2) is 47.6 Å². The summed E-state index contributed by atoms with van der Waals surface area (Å²) in [5.41, 5.74) is 1.24. The number of anilines is 1. The van der Waals surface area contributed by atoms with E-state index in [2.05, 4.69) is 9.71 Å². The van der Waals surface area contributed by atoms with Gasteiger partial charge in [0.2, 0.25) is 0 Å². The van der Waals surface area contributed by atoms with Gasteiger partial charge in [-0.2, -0.15) is 0 Å². The van der Waals surface area contributed by atoms with Crippen molar-refractivity contribution >= 4 is 27.3 Å². The first-order chi connectivity index (χ1) is 8.49. The molecular weight excluding hydrogens is 272 g/mol. The predicted molar refractivity (Wildman–Crippen MR) is 71.2 cm³/mol. The van der Waals surface area contributed by atoms with Crippen molar-refractivity contribution in [2.24, 2.45) is 0 Å². The standard InChI is InChI=1S/C12H11ClN2O2S/c1-9-4-5-11(7-12(9)13)18(16,17)15-10-3-2-6-14-8-10/h2-8,15H,1H3. The second-order valence-corrected chi connectivity index (χ2v) is 5.85. The summed E-state index contributed by atoms with van der Waals surface area (Å²) in [6.07, 6.45) is 3.01. The third kappa shape index (κ3) is 2.80. The number of hydrogen-bond acceptors (Lipinski definition) is 3. The van der Waals surface area contributed by atoms with Crippen LogP contribution in [0.25, 0.3) is 0 Å². The summed E-state index contributed by atoms with van der Waals surface area (Å²) < 4.78 is 26.6. The lowest BCUT2D eigenvalue weighted by molar-refractivity contribution is 0.601. The predicted octanol–water partition coefficient (Wildman–Crippen LogP) is 2.84. The Labute approximate surface area is 111 Å². The number of nitrogens with one attached hydrogen (secondary N) is 1. The highest BCUT2D eigenvalue weighted by atomic mass is 35.5. The fourth-order valence-electron chi connectivity index (χ4n) is 1.38. The molecule has 0 aliphatic rings. The lowest BCUT2D eigenvalue weighted by Crippen LogP contribution is -2.13. The summed E-state index contributed by atoms with van der Waals surface area (Å²) in [5.74, 6) is 0. The number of aromatic nitrogens is 1. The highest BCUT2D eigenvalue weighted by Crippen LogP contribution is 2.21. The molecule has 0 aliphatic carbocycles. The fourth-order valence-corrected chi connectivity index (χ4v) is 2.69. The second kappa shape index (κ2) is 4.96. The van der Waals surface area contributed by atoms with Gasteiger partial charge in [0.25, 0.3) is 10.0 Å². The van der Waals surface area contributed by atoms with E-state index in [1.807, 2.05) is 6.92 Å². The Morgan fingerprint density at radius 2 is 2.06 bits per heavy atom. The van der Waals surface area contributed by atoms with Crippen LogP contribution in [0, 0.1) is 6.92 Å². The summed E-state index contributed by atoms with van der Waals surface area (Å²) in [7, 11) is -3.63. The number of nitrogens with zero attached hydrogens (tertiary/aromatic N) is 1. The Balaban J connectivity index is 2.34. The van der Waals surface area contributed by atoms with Gasteiger partial charge in [-0.1, -0.05) is 17.7 Å². The second-order valence-electron chi connectivity index (χ2n) is 3.76. The molecule has 0 amide bonds. The molecule has 18 heavy (non-hydrogen) atoms. The zero-order valence-corrected chi connectivity index (χ0v) is 11.2. The van der Waals surface area contributed by atoms with E-state index >= 15 is 0 Å². The van der Waals surface area contributed by atoms with Crippen LogP contribution in [0.1, 0.15) is 5.56 Å². The van der Waals surface area contributed by atoms with Crippen molar-refractivity contribution < 1.29 is 8.42 Å². The minimum atomic E-state index is -3.63. The van der Waals surface area contributed by atoms with E-state index in [-0.39, 0.29) is 4.90 Å². The Bertz CT molecular complexity index is 657. The van der Waals surface area contributed by atoms with E-state index in [0.717, 1.165) is 5.56 Å². The maximum Gasteiger partial charge on any atom is 0.261 e. The van der Waals surface area contributed by atoms with Gasteiger partial charge in [-0.25, -0.2) is 8.42 Å². The van der Waals surface area contributed by atoms with Gasteiger partial charge in [0.05, 0.1) is 16.8 Å². The van der Waals surface area contributed by atoms with Crippen molar-refractivity contribution in [1.82, 2.24) is 4.98 Å². The molecule has 1 aromatic carbocycles. The minimum absolute atomic E-state index is 0.127. The lowest BCUT2D eigenvalue weighted by atomic mass is 10.2.